The molecule has 0 amide bonds. The lowest BCUT2D eigenvalue weighted by Gasteiger charge is -2.07. The van der Waals surface area contributed by atoms with Crippen LogP contribution in [0.4, 0.5) is 5.88 Å². The molecule has 0 saturated carbocycles. The van der Waals surface area contributed by atoms with Gasteiger partial charge < -0.3 is 4.52 Å². The van der Waals surface area contributed by atoms with E-state index in [4.69, 9.17) is 4.52 Å². The van der Waals surface area contributed by atoms with Gasteiger partial charge in [0.25, 0.3) is 10.0 Å². The predicted molar refractivity (Wildman–Crippen MR) is 96.5 cm³/mol. The number of aryl methyl sites for hydroxylation is 1. The molecule has 1 aromatic carbocycles. The first-order valence-corrected chi connectivity index (χ1v) is 9.80. The molecular formula is C17H16N2O4S2. The van der Waals surface area contributed by atoms with E-state index in [9.17, 15) is 13.2 Å². The molecular weight excluding hydrogens is 360 g/mol. The van der Waals surface area contributed by atoms with Crippen LogP contribution < -0.4 is 4.72 Å². The van der Waals surface area contributed by atoms with Crippen LogP contribution in [0.2, 0.25) is 0 Å². The summed E-state index contributed by atoms with van der Waals surface area (Å²) >= 11 is 1.31. The van der Waals surface area contributed by atoms with Crippen molar-refractivity contribution in [2.45, 2.75) is 25.7 Å². The van der Waals surface area contributed by atoms with Crippen LogP contribution in [-0.4, -0.2) is 19.4 Å². The Morgan fingerprint density at radius 3 is 2.40 bits per heavy atom. The highest BCUT2D eigenvalue weighted by molar-refractivity contribution is 7.93. The minimum absolute atomic E-state index is 0.0385. The molecule has 0 unspecified atom stereocenters. The monoisotopic (exact) mass is 376 g/mol. The summed E-state index contributed by atoms with van der Waals surface area (Å²) in [5.41, 5.74) is 2.58. The summed E-state index contributed by atoms with van der Waals surface area (Å²) in [6, 6.07) is 8.40. The Labute approximate surface area is 149 Å². The molecule has 6 nitrogen and oxygen atoms in total. The van der Waals surface area contributed by atoms with Crippen molar-refractivity contribution in [2.75, 3.05) is 4.72 Å². The summed E-state index contributed by atoms with van der Waals surface area (Å²) in [5.74, 6) is 0.0741. The molecule has 0 saturated heterocycles. The van der Waals surface area contributed by atoms with Crippen LogP contribution in [0, 0.1) is 13.8 Å². The molecule has 3 aromatic rings. The Morgan fingerprint density at radius 1 is 1.16 bits per heavy atom. The maximum Gasteiger partial charge on any atom is 0.265 e. The van der Waals surface area contributed by atoms with Crippen molar-refractivity contribution in [3.05, 3.63) is 52.5 Å². The van der Waals surface area contributed by atoms with Gasteiger partial charge in [-0.2, -0.15) is 0 Å². The molecule has 0 atom stereocenters. The molecule has 0 radical (unpaired) electrons. The quantitative estimate of drug-likeness (QED) is 0.679. The first-order chi connectivity index (χ1) is 11.8. The van der Waals surface area contributed by atoms with Crippen LogP contribution in [0.5, 0.6) is 0 Å². The summed E-state index contributed by atoms with van der Waals surface area (Å²) in [5, 5.41) is 5.47. The number of rotatable bonds is 5. The molecule has 2 heterocycles. The second-order valence-corrected chi connectivity index (χ2v) is 8.14. The minimum atomic E-state index is -3.82. The van der Waals surface area contributed by atoms with Gasteiger partial charge in [0, 0.05) is 11.1 Å². The number of carbonyl (C=O) groups is 1. The van der Waals surface area contributed by atoms with E-state index in [-0.39, 0.29) is 16.6 Å². The van der Waals surface area contributed by atoms with Crippen molar-refractivity contribution in [2.24, 2.45) is 0 Å². The molecule has 0 aliphatic heterocycles. The maximum absolute atomic E-state index is 12.7. The van der Waals surface area contributed by atoms with Crippen molar-refractivity contribution in [3.63, 3.8) is 0 Å². The van der Waals surface area contributed by atoms with Crippen molar-refractivity contribution in [1.82, 2.24) is 5.16 Å². The Morgan fingerprint density at radius 2 is 1.84 bits per heavy atom. The highest BCUT2D eigenvalue weighted by atomic mass is 32.2. The first-order valence-electron chi connectivity index (χ1n) is 7.44. The van der Waals surface area contributed by atoms with Crippen LogP contribution in [0.15, 0.2) is 45.1 Å². The number of nitrogens with one attached hydrogen (secondary N) is 1. The normalized spacial score (nSPS) is 11.5. The van der Waals surface area contributed by atoms with E-state index in [2.05, 4.69) is 9.88 Å². The lowest BCUT2D eigenvalue weighted by Crippen LogP contribution is -2.13. The molecule has 130 valence electrons. The highest BCUT2D eigenvalue weighted by Gasteiger charge is 2.24. The first kappa shape index (κ1) is 17.4. The van der Waals surface area contributed by atoms with E-state index in [1.165, 1.54) is 18.3 Å². The van der Waals surface area contributed by atoms with Gasteiger partial charge in [-0.15, -0.1) is 11.3 Å². The Balaban J connectivity index is 1.97. The fourth-order valence-electron chi connectivity index (χ4n) is 2.26. The van der Waals surface area contributed by atoms with Gasteiger partial charge in [0.05, 0.1) is 10.6 Å². The zero-order valence-corrected chi connectivity index (χ0v) is 15.5. The van der Waals surface area contributed by atoms with E-state index in [1.54, 1.807) is 49.6 Å². The average molecular weight is 376 g/mol. The van der Waals surface area contributed by atoms with Crippen molar-refractivity contribution < 1.29 is 17.7 Å². The van der Waals surface area contributed by atoms with E-state index in [0.29, 0.717) is 21.7 Å². The molecule has 2 aromatic heterocycles. The number of sulfonamides is 1. The lowest BCUT2D eigenvalue weighted by molar-refractivity contribution is 0.101. The highest BCUT2D eigenvalue weighted by Crippen LogP contribution is 2.34. The van der Waals surface area contributed by atoms with Gasteiger partial charge in [-0.1, -0.05) is 29.4 Å². The van der Waals surface area contributed by atoms with Crippen LogP contribution in [0.25, 0.3) is 10.4 Å². The summed E-state index contributed by atoms with van der Waals surface area (Å²) in [6.45, 7) is 4.96. The van der Waals surface area contributed by atoms with Gasteiger partial charge in [0.1, 0.15) is 4.90 Å². The topological polar surface area (TPSA) is 89.3 Å². The summed E-state index contributed by atoms with van der Waals surface area (Å²) in [6.07, 6.45) is 0. The fourth-order valence-corrected chi connectivity index (χ4v) is 4.77. The lowest BCUT2D eigenvalue weighted by atomic mass is 10.1. The number of Topliss-reactive ketones (excluding diaryl/α,β-unsaturated/α-hetero) is 1. The number of ketones is 1. The number of hydrogen-bond acceptors (Lipinski definition) is 6. The molecule has 8 heteroatoms. The standard InChI is InChI=1S/C17H16N2O4S2/c1-10-11(2)18-23-17(10)19-25(21,22)15-8-9-24-16(15)14-6-4-13(5-7-14)12(3)20/h4-9,19H,1-3H3. The van der Waals surface area contributed by atoms with Gasteiger partial charge in [-0.05, 0) is 37.8 Å². The third-order valence-electron chi connectivity index (χ3n) is 3.86. The SMILES string of the molecule is CC(=O)c1ccc(-c2sccc2S(=O)(=O)Nc2onc(C)c2C)cc1. The number of aromatic nitrogens is 1. The van der Waals surface area contributed by atoms with Gasteiger partial charge in [0.15, 0.2) is 5.78 Å². The molecule has 25 heavy (non-hydrogen) atoms. The minimum Gasteiger partial charge on any atom is -0.337 e. The van der Waals surface area contributed by atoms with Gasteiger partial charge in [0.2, 0.25) is 5.88 Å². The van der Waals surface area contributed by atoms with E-state index in [1.807, 2.05) is 0 Å². The number of carbonyl (C=O) groups excluding carboxylic acids is 1. The van der Waals surface area contributed by atoms with Crippen molar-refractivity contribution >= 4 is 33.0 Å². The summed E-state index contributed by atoms with van der Waals surface area (Å²) in [4.78, 5) is 12.1. The number of thiophene rings is 1. The number of anilines is 1. The zero-order chi connectivity index (χ0) is 18.2. The number of hydrogen-bond donors (Lipinski definition) is 1. The van der Waals surface area contributed by atoms with E-state index < -0.39 is 10.0 Å². The summed E-state index contributed by atoms with van der Waals surface area (Å²) in [7, 11) is -3.82. The molecule has 0 aliphatic rings. The average Bonchev–Trinajstić information content (AvgIpc) is 3.18. The Bertz CT molecular complexity index is 1030. The molecule has 0 fully saturated rings. The van der Waals surface area contributed by atoms with Crippen LogP contribution in [-0.2, 0) is 10.0 Å². The smallest absolute Gasteiger partial charge is 0.265 e. The van der Waals surface area contributed by atoms with Crippen LogP contribution in [0.3, 0.4) is 0 Å². The van der Waals surface area contributed by atoms with Gasteiger partial charge in [-0.3, -0.25) is 4.79 Å². The number of benzene rings is 1. The van der Waals surface area contributed by atoms with E-state index >= 15 is 0 Å². The maximum atomic E-state index is 12.7. The predicted octanol–water partition coefficient (Wildman–Crippen LogP) is 4.02. The Kier molecular flexibility index (Phi) is 4.49. The third kappa shape index (κ3) is 3.35. The van der Waals surface area contributed by atoms with Crippen LogP contribution in [0.1, 0.15) is 28.5 Å². The second-order valence-electron chi connectivity index (χ2n) is 5.58. The molecule has 0 spiro atoms. The molecule has 0 aliphatic carbocycles. The Hall–Kier alpha value is -2.45. The van der Waals surface area contributed by atoms with Crippen molar-refractivity contribution in [3.8, 4) is 10.4 Å². The van der Waals surface area contributed by atoms with Crippen LogP contribution >= 0.6 is 11.3 Å². The van der Waals surface area contributed by atoms with Gasteiger partial charge in [-0.25, -0.2) is 13.1 Å². The van der Waals surface area contributed by atoms with Crippen molar-refractivity contribution in [1.29, 1.82) is 0 Å². The second kappa shape index (κ2) is 6.45. The van der Waals surface area contributed by atoms with Gasteiger partial charge >= 0.3 is 0 Å². The largest absolute Gasteiger partial charge is 0.337 e. The van der Waals surface area contributed by atoms with E-state index in [0.717, 1.165) is 5.56 Å². The molecule has 1 N–H and O–H groups in total. The summed E-state index contributed by atoms with van der Waals surface area (Å²) < 4.78 is 33.0. The zero-order valence-electron chi connectivity index (χ0n) is 13.9. The third-order valence-corrected chi connectivity index (χ3v) is 6.32. The fraction of sp³-hybridized carbons (Fsp3) is 0.176. The molecule has 3 rings (SSSR count). The number of nitrogens with zero attached hydrogens (tertiary/aromatic N) is 1. The molecule has 0 bridgehead atoms.